The van der Waals surface area contributed by atoms with Crippen molar-refractivity contribution in [2.45, 2.75) is 63.1 Å². The van der Waals surface area contributed by atoms with E-state index in [1.54, 1.807) is 0 Å². The molecule has 8 heteroatoms. The number of halogens is 2. The van der Waals surface area contributed by atoms with Gasteiger partial charge in [0.15, 0.2) is 0 Å². The van der Waals surface area contributed by atoms with Crippen LogP contribution in [0.2, 0.25) is 0 Å². The molecule has 2 saturated heterocycles. The first-order valence-corrected chi connectivity index (χ1v) is 12.4. The van der Waals surface area contributed by atoms with E-state index in [4.69, 9.17) is 9.47 Å². The van der Waals surface area contributed by atoms with Gasteiger partial charge in [0, 0.05) is 37.8 Å². The topological polar surface area (TPSA) is 62.2 Å². The normalized spacial score (nSPS) is 27.5. The SMILES string of the molecule is O=C(C[C@@H]1CC[C@@H]2[C@H](COC[C@H](O)CN2Cc2cc(F)ccc2F)O1)N1CCc2ccccc2C1. The fraction of sp³-hybridized carbons (Fsp3) is 0.519. The van der Waals surface area contributed by atoms with Crippen LogP contribution in [0.3, 0.4) is 0 Å². The van der Waals surface area contributed by atoms with Crippen molar-refractivity contribution in [3.8, 4) is 0 Å². The third-order valence-corrected chi connectivity index (χ3v) is 7.35. The number of amides is 1. The first-order chi connectivity index (χ1) is 17.0. The maximum atomic E-state index is 14.3. The molecule has 35 heavy (non-hydrogen) atoms. The molecular weight excluding hydrogens is 454 g/mol. The van der Waals surface area contributed by atoms with Gasteiger partial charge < -0.3 is 19.5 Å². The lowest BCUT2D eigenvalue weighted by Gasteiger charge is -2.44. The van der Waals surface area contributed by atoms with Gasteiger partial charge in [-0.3, -0.25) is 9.69 Å². The molecule has 0 aromatic heterocycles. The van der Waals surface area contributed by atoms with Crippen LogP contribution >= 0.6 is 0 Å². The summed E-state index contributed by atoms with van der Waals surface area (Å²) < 4.78 is 40.1. The van der Waals surface area contributed by atoms with Crippen molar-refractivity contribution >= 4 is 5.91 Å². The predicted molar refractivity (Wildman–Crippen MR) is 125 cm³/mol. The van der Waals surface area contributed by atoms with Gasteiger partial charge in [-0.15, -0.1) is 0 Å². The summed E-state index contributed by atoms with van der Waals surface area (Å²) in [5.74, 6) is -0.879. The third kappa shape index (κ3) is 5.72. The third-order valence-electron chi connectivity index (χ3n) is 7.35. The lowest BCUT2D eigenvalue weighted by Crippen LogP contribution is -2.55. The number of nitrogens with zero attached hydrogens (tertiary/aromatic N) is 2. The van der Waals surface area contributed by atoms with Crippen LogP contribution in [0.15, 0.2) is 42.5 Å². The van der Waals surface area contributed by atoms with Crippen LogP contribution in [0, 0.1) is 11.6 Å². The van der Waals surface area contributed by atoms with E-state index in [1.165, 1.54) is 17.2 Å². The van der Waals surface area contributed by atoms with E-state index in [9.17, 15) is 18.7 Å². The number of fused-ring (bicyclic) bond motifs is 2. The highest BCUT2D eigenvalue weighted by Gasteiger charge is 2.38. The van der Waals surface area contributed by atoms with E-state index in [1.807, 2.05) is 21.9 Å². The Labute approximate surface area is 204 Å². The summed E-state index contributed by atoms with van der Waals surface area (Å²) >= 11 is 0. The molecule has 3 aliphatic rings. The Bertz CT molecular complexity index is 1050. The summed E-state index contributed by atoms with van der Waals surface area (Å²) in [6.07, 6.45) is 1.31. The lowest BCUT2D eigenvalue weighted by atomic mass is 9.93. The highest BCUT2D eigenvalue weighted by atomic mass is 19.1. The molecule has 4 atom stereocenters. The second-order valence-corrected chi connectivity index (χ2v) is 9.84. The van der Waals surface area contributed by atoms with Crippen LogP contribution in [0.4, 0.5) is 8.78 Å². The Kier molecular flexibility index (Phi) is 7.43. The molecule has 0 saturated carbocycles. The van der Waals surface area contributed by atoms with E-state index in [0.717, 1.165) is 25.0 Å². The molecule has 3 heterocycles. The molecule has 0 bridgehead atoms. The quantitative estimate of drug-likeness (QED) is 0.720. The van der Waals surface area contributed by atoms with Crippen LogP contribution < -0.4 is 0 Å². The summed E-state index contributed by atoms with van der Waals surface area (Å²) in [4.78, 5) is 16.9. The Morgan fingerprint density at radius 1 is 1.09 bits per heavy atom. The molecule has 0 unspecified atom stereocenters. The molecule has 1 N–H and O–H groups in total. The Balaban J connectivity index is 1.24. The van der Waals surface area contributed by atoms with E-state index in [0.29, 0.717) is 25.9 Å². The number of hydrogen-bond donors (Lipinski definition) is 1. The molecule has 0 spiro atoms. The number of rotatable bonds is 4. The van der Waals surface area contributed by atoms with Crippen molar-refractivity contribution in [2.75, 3.05) is 26.3 Å². The van der Waals surface area contributed by atoms with Gasteiger partial charge in [0.1, 0.15) is 11.6 Å². The number of aliphatic hydroxyl groups excluding tert-OH is 1. The molecule has 6 nitrogen and oxygen atoms in total. The van der Waals surface area contributed by atoms with Crippen LogP contribution in [0.5, 0.6) is 0 Å². The predicted octanol–water partition coefficient (Wildman–Crippen LogP) is 3.05. The van der Waals surface area contributed by atoms with Crippen molar-refractivity contribution in [2.24, 2.45) is 0 Å². The van der Waals surface area contributed by atoms with E-state index in [-0.39, 0.29) is 56.0 Å². The molecule has 1 amide bonds. The molecule has 0 aliphatic carbocycles. The summed E-state index contributed by atoms with van der Waals surface area (Å²) in [6, 6.07) is 11.5. The van der Waals surface area contributed by atoms with Crippen molar-refractivity contribution in [3.63, 3.8) is 0 Å². The first kappa shape index (κ1) is 24.3. The average molecular weight is 487 g/mol. The van der Waals surface area contributed by atoms with Crippen molar-refractivity contribution in [3.05, 3.63) is 70.8 Å². The number of aliphatic hydroxyl groups is 1. The van der Waals surface area contributed by atoms with Crippen LogP contribution in [-0.4, -0.2) is 71.5 Å². The van der Waals surface area contributed by atoms with Crippen LogP contribution in [0.25, 0.3) is 0 Å². The van der Waals surface area contributed by atoms with Crippen molar-refractivity contribution in [1.82, 2.24) is 9.80 Å². The van der Waals surface area contributed by atoms with Crippen LogP contribution in [0.1, 0.15) is 36.0 Å². The standard InChI is InChI=1S/C27H32F2N2O4/c28-21-5-7-24(29)20(11-21)14-31-15-22(32)16-34-17-26-25(31)8-6-23(35-26)12-27(33)30-10-9-18-3-1-2-4-19(18)13-30/h1-5,7,11,22-23,25-26,32H,6,8-10,12-17H2/t22-,23+,25-,26+/m1/s1. The second-order valence-electron chi connectivity index (χ2n) is 9.84. The van der Waals surface area contributed by atoms with Gasteiger partial charge in [-0.2, -0.15) is 0 Å². The van der Waals surface area contributed by atoms with Gasteiger partial charge in [-0.05, 0) is 48.6 Å². The molecule has 0 radical (unpaired) electrons. The summed E-state index contributed by atoms with van der Waals surface area (Å²) in [5.41, 5.74) is 2.75. The maximum absolute atomic E-state index is 14.3. The van der Waals surface area contributed by atoms with E-state index < -0.39 is 17.7 Å². The molecule has 3 aliphatic heterocycles. The molecular formula is C27H32F2N2O4. The molecule has 2 aromatic rings. The fourth-order valence-electron chi connectivity index (χ4n) is 5.54. The Hall–Kier alpha value is -2.39. The van der Waals surface area contributed by atoms with Gasteiger partial charge in [0.2, 0.25) is 5.91 Å². The molecule has 188 valence electrons. The lowest BCUT2D eigenvalue weighted by molar-refractivity contribution is -0.161. The second kappa shape index (κ2) is 10.7. The summed E-state index contributed by atoms with van der Waals surface area (Å²) in [7, 11) is 0. The smallest absolute Gasteiger partial charge is 0.225 e. The first-order valence-electron chi connectivity index (χ1n) is 12.4. The number of ether oxygens (including phenoxy) is 2. The Morgan fingerprint density at radius 2 is 1.91 bits per heavy atom. The zero-order valence-electron chi connectivity index (χ0n) is 19.7. The minimum absolute atomic E-state index is 0.0869. The minimum atomic E-state index is -0.728. The van der Waals surface area contributed by atoms with Gasteiger partial charge in [-0.1, -0.05) is 24.3 Å². The zero-order valence-corrected chi connectivity index (χ0v) is 19.7. The maximum Gasteiger partial charge on any atom is 0.225 e. The molecule has 2 fully saturated rings. The van der Waals surface area contributed by atoms with Crippen molar-refractivity contribution in [1.29, 1.82) is 0 Å². The molecule has 5 rings (SSSR count). The summed E-state index contributed by atoms with van der Waals surface area (Å²) in [6.45, 7) is 2.21. The Morgan fingerprint density at radius 3 is 2.77 bits per heavy atom. The van der Waals surface area contributed by atoms with Gasteiger partial charge in [0.25, 0.3) is 0 Å². The van der Waals surface area contributed by atoms with E-state index >= 15 is 0 Å². The number of hydrogen-bond acceptors (Lipinski definition) is 5. The summed E-state index contributed by atoms with van der Waals surface area (Å²) in [5, 5.41) is 10.3. The highest BCUT2D eigenvalue weighted by Crippen LogP contribution is 2.30. The fourth-order valence-corrected chi connectivity index (χ4v) is 5.54. The zero-order chi connectivity index (χ0) is 24.4. The number of benzene rings is 2. The number of carbonyl (C=O) groups excluding carboxylic acids is 1. The number of carbonyl (C=O) groups is 1. The highest BCUT2D eigenvalue weighted by molar-refractivity contribution is 5.77. The van der Waals surface area contributed by atoms with Gasteiger partial charge in [0.05, 0.1) is 37.9 Å². The molecule has 2 aromatic carbocycles. The average Bonchev–Trinajstić information content (AvgIpc) is 2.85. The van der Waals surface area contributed by atoms with Gasteiger partial charge >= 0.3 is 0 Å². The minimum Gasteiger partial charge on any atom is -0.389 e. The van der Waals surface area contributed by atoms with Crippen molar-refractivity contribution < 1.29 is 28.2 Å². The number of β-amino-alcohol motifs (C(OH)–C–C–N with tert-alkyl or cyclic N) is 1. The van der Waals surface area contributed by atoms with Gasteiger partial charge in [-0.25, -0.2) is 8.78 Å². The van der Waals surface area contributed by atoms with Crippen LogP contribution in [-0.2, 0) is 33.8 Å². The monoisotopic (exact) mass is 486 g/mol. The largest absolute Gasteiger partial charge is 0.389 e. The van der Waals surface area contributed by atoms with E-state index in [2.05, 4.69) is 12.1 Å².